The second-order valence-corrected chi connectivity index (χ2v) is 17.7. The first-order chi connectivity index (χ1) is 28.0. The van der Waals surface area contributed by atoms with Crippen LogP contribution >= 0.6 is 0 Å². The van der Waals surface area contributed by atoms with E-state index in [1.165, 1.54) is 161 Å². The highest BCUT2D eigenvalue weighted by molar-refractivity contribution is 5.72. The monoisotopic (exact) mass is 808 g/mol. The van der Waals surface area contributed by atoms with E-state index >= 15 is 0 Å². The van der Waals surface area contributed by atoms with E-state index in [2.05, 4.69) is 32.6 Å². The summed E-state index contributed by atoms with van der Waals surface area (Å²) in [7, 11) is 0. The van der Waals surface area contributed by atoms with Crippen LogP contribution in [-0.2, 0) is 19.1 Å². The number of carbonyl (C=O) groups is 2. The second kappa shape index (κ2) is 45.9. The third kappa shape index (κ3) is 38.8. The Balaban J connectivity index is 3.97. The van der Waals surface area contributed by atoms with Gasteiger partial charge in [-0.2, -0.15) is 0 Å². The Bertz CT molecular complexity index is 821. The lowest BCUT2D eigenvalue weighted by molar-refractivity contribution is -0.150. The lowest BCUT2D eigenvalue weighted by Gasteiger charge is -2.21. The minimum Gasteiger partial charge on any atom is -0.465 e. The lowest BCUT2D eigenvalue weighted by atomic mass is 9.94. The summed E-state index contributed by atoms with van der Waals surface area (Å²) < 4.78 is 11.6. The number of rotatable bonds is 47. The van der Waals surface area contributed by atoms with Crippen LogP contribution in [0.25, 0.3) is 0 Å². The second-order valence-electron chi connectivity index (χ2n) is 17.7. The van der Waals surface area contributed by atoms with E-state index in [0.717, 1.165) is 96.7 Å². The fourth-order valence-electron chi connectivity index (χ4n) is 8.26. The summed E-state index contributed by atoms with van der Waals surface area (Å²) >= 11 is 0. The Morgan fingerprint density at radius 3 is 0.947 bits per heavy atom. The van der Waals surface area contributed by atoms with Crippen LogP contribution in [0.2, 0.25) is 0 Å². The number of nitrogens with zero attached hydrogens (tertiary/aromatic N) is 1. The highest BCUT2D eigenvalue weighted by Gasteiger charge is 2.20. The molecular formula is C51H101NO5. The van der Waals surface area contributed by atoms with Crippen LogP contribution in [0.5, 0.6) is 0 Å². The molecule has 0 aromatic heterocycles. The van der Waals surface area contributed by atoms with E-state index in [1.54, 1.807) is 0 Å². The molecule has 1 N–H and O–H groups in total. The van der Waals surface area contributed by atoms with Gasteiger partial charge in [-0.15, -0.1) is 0 Å². The first-order valence-electron chi connectivity index (χ1n) is 25.7. The summed E-state index contributed by atoms with van der Waals surface area (Å²) in [6.07, 6.45) is 44.4. The van der Waals surface area contributed by atoms with Crippen LogP contribution < -0.4 is 0 Å². The van der Waals surface area contributed by atoms with Gasteiger partial charge in [-0.1, -0.05) is 214 Å². The van der Waals surface area contributed by atoms with E-state index in [9.17, 15) is 14.7 Å². The molecule has 6 heteroatoms. The van der Waals surface area contributed by atoms with Crippen LogP contribution in [0.3, 0.4) is 0 Å². The zero-order chi connectivity index (χ0) is 41.7. The van der Waals surface area contributed by atoms with Gasteiger partial charge in [0.05, 0.1) is 31.7 Å². The zero-order valence-electron chi connectivity index (χ0n) is 39.1. The number of aliphatic hydroxyl groups excluding tert-OH is 1. The standard InChI is InChI=1S/C51H101NO5/c1-5-9-13-17-25-33-41-49(39-31-16-12-8-4)51(55)57-47-37-29-23-19-21-27-35-43-52(44-45-53)42-34-26-20-18-22-28-36-46-56-50(54)48(38-30-15-11-7-3)40-32-24-14-10-6-2/h48-49,53H,5-47H2,1-4H3. The van der Waals surface area contributed by atoms with Gasteiger partial charge in [-0.25, -0.2) is 0 Å². The van der Waals surface area contributed by atoms with Crippen LogP contribution in [0.1, 0.15) is 265 Å². The minimum absolute atomic E-state index is 0.0656. The maximum absolute atomic E-state index is 12.9. The molecule has 0 aromatic carbocycles. The molecule has 57 heavy (non-hydrogen) atoms. The normalized spacial score (nSPS) is 12.7. The molecule has 0 bridgehead atoms. The minimum atomic E-state index is 0.0656. The molecule has 0 fully saturated rings. The van der Waals surface area contributed by atoms with Crippen molar-refractivity contribution in [1.82, 2.24) is 4.90 Å². The summed E-state index contributed by atoms with van der Waals surface area (Å²) in [5, 5.41) is 9.60. The van der Waals surface area contributed by atoms with Crippen molar-refractivity contribution in [2.75, 3.05) is 39.5 Å². The van der Waals surface area contributed by atoms with E-state index in [0.29, 0.717) is 13.2 Å². The van der Waals surface area contributed by atoms with Crippen LogP contribution in [0.4, 0.5) is 0 Å². The Kier molecular flexibility index (Phi) is 45.0. The Hall–Kier alpha value is -1.14. The van der Waals surface area contributed by atoms with E-state index < -0.39 is 0 Å². The molecule has 0 aliphatic heterocycles. The predicted molar refractivity (Wildman–Crippen MR) is 246 cm³/mol. The topological polar surface area (TPSA) is 76.1 Å². The van der Waals surface area contributed by atoms with Crippen LogP contribution in [0, 0.1) is 11.8 Å². The van der Waals surface area contributed by atoms with Gasteiger partial charge < -0.3 is 19.5 Å². The van der Waals surface area contributed by atoms with Gasteiger partial charge in [0.15, 0.2) is 0 Å². The Morgan fingerprint density at radius 2 is 0.632 bits per heavy atom. The maximum Gasteiger partial charge on any atom is 0.308 e. The number of hydrogen-bond donors (Lipinski definition) is 1. The average molecular weight is 808 g/mol. The van der Waals surface area contributed by atoms with Gasteiger partial charge in [0.25, 0.3) is 0 Å². The molecule has 0 radical (unpaired) electrons. The quantitative estimate of drug-likeness (QED) is 0.0487. The molecule has 0 saturated heterocycles. The van der Waals surface area contributed by atoms with Gasteiger partial charge in [0.1, 0.15) is 0 Å². The summed E-state index contributed by atoms with van der Waals surface area (Å²) in [5.74, 6) is 0.350. The number of hydrogen-bond acceptors (Lipinski definition) is 6. The first-order valence-corrected chi connectivity index (χ1v) is 25.7. The maximum atomic E-state index is 12.9. The van der Waals surface area contributed by atoms with E-state index in [4.69, 9.17) is 9.47 Å². The molecule has 0 spiro atoms. The molecule has 0 amide bonds. The van der Waals surface area contributed by atoms with Gasteiger partial charge in [-0.05, 0) is 64.5 Å². The van der Waals surface area contributed by atoms with Gasteiger partial charge in [0, 0.05) is 6.54 Å². The number of esters is 2. The molecule has 0 aliphatic carbocycles. The number of ether oxygens (including phenoxy) is 2. The van der Waals surface area contributed by atoms with Crippen molar-refractivity contribution in [2.24, 2.45) is 11.8 Å². The summed E-state index contributed by atoms with van der Waals surface area (Å²) in [6.45, 7) is 13.4. The van der Waals surface area contributed by atoms with Crippen molar-refractivity contribution in [2.45, 2.75) is 265 Å². The Labute approximate surface area is 356 Å². The zero-order valence-corrected chi connectivity index (χ0v) is 39.1. The largest absolute Gasteiger partial charge is 0.465 e. The van der Waals surface area contributed by atoms with E-state index in [-0.39, 0.29) is 30.4 Å². The van der Waals surface area contributed by atoms with Crippen molar-refractivity contribution in [3.63, 3.8) is 0 Å². The smallest absolute Gasteiger partial charge is 0.308 e. The van der Waals surface area contributed by atoms with Crippen molar-refractivity contribution in [3.8, 4) is 0 Å². The predicted octanol–water partition coefficient (Wildman–Crippen LogP) is 15.1. The number of unbranched alkanes of at least 4 members (excludes halogenated alkanes) is 27. The van der Waals surface area contributed by atoms with E-state index in [1.807, 2.05) is 0 Å². The molecule has 0 aromatic rings. The third-order valence-corrected chi connectivity index (χ3v) is 12.2. The molecule has 2 unspecified atom stereocenters. The molecule has 340 valence electrons. The summed E-state index contributed by atoms with van der Waals surface area (Å²) in [5.41, 5.74) is 0. The molecular weight excluding hydrogens is 707 g/mol. The van der Waals surface area contributed by atoms with Crippen molar-refractivity contribution in [3.05, 3.63) is 0 Å². The summed E-state index contributed by atoms with van der Waals surface area (Å²) in [4.78, 5) is 28.2. The SMILES string of the molecule is CCCCCCCCC(CCCCCC)C(=O)OCCCCCCCCCN(CCO)CCCCCCCCCOC(=O)C(CCCCCC)CCCCCCC. The molecule has 2 atom stereocenters. The Morgan fingerprint density at radius 1 is 0.368 bits per heavy atom. The molecule has 0 aliphatic rings. The van der Waals surface area contributed by atoms with Crippen LogP contribution in [0.15, 0.2) is 0 Å². The van der Waals surface area contributed by atoms with Gasteiger partial charge in [-0.3, -0.25) is 9.59 Å². The van der Waals surface area contributed by atoms with Crippen LogP contribution in [-0.4, -0.2) is 61.4 Å². The fraction of sp³-hybridized carbons (Fsp3) is 0.961. The number of carbonyl (C=O) groups excluding carboxylic acids is 2. The number of aliphatic hydroxyl groups is 1. The molecule has 6 nitrogen and oxygen atoms in total. The molecule has 0 saturated carbocycles. The fourth-order valence-corrected chi connectivity index (χ4v) is 8.26. The van der Waals surface area contributed by atoms with Crippen molar-refractivity contribution < 1.29 is 24.2 Å². The first kappa shape index (κ1) is 55.9. The highest BCUT2D eigenvalue weighted by Crippen LogP contribution is 2.22. The van der Waals surface area contributed by atoms with Crippen molar-refractivity contribution in [1.29, 1.82) is 0 Å². The highest BCUT2D eigenvalue weighted by atomic mass is 16.5. The third-order valence-electron chi connectivity index (χ3n) is 12.2. The van der Waals surface area contributed by atoms with Crippen molar-refractivity contribution >= 4 is 11.9 Å². The average Bonchev–Trinajstić information content (AvgIpc) is 3.21. The van der Waals surface area contributed by atoms with Gasteiger partial charge in [0.2, 0.25) is 0 Å². The molecule has 0 heterocycles. The molecule has 0 rings (SSSR count). The lowest BCUT2D eigenvalue weighted by Crippen LogP contribution is -2.29. The summed E-state index contributed by atoms with van der Waals surface area (Å²) in [6, 6.07) is 0. The van der Waals surface area contributed by atoms with Gasteiger partial charge >= 0.3 is 11.9 Å².